The molecule has 7 rings (SSSR count). The molecule has 0 aliphatic carbocycles. The number of Topliss-reactive ketones (excluding diaryl/α,β-unsaturated/α-hetero) is 1. The lowest BCUT2D eigenvalue weighted by molar-refractivity contribution is -0.190. The number of halogens is 4. The lowest BCUT2D eigenvalue weighted by Gasteiger charge is -2.29. The predicted molar refractivity (Wildman–Crippen MR) is 232 cm³/mol. The number of ether oxygens (including phenoxy) is 2. The normalized spacial score (nSPS) is 16.7. The molecule has 3 atom stereocenters. The number of carbonyl (C=O) groups excluding carboxylic acids is 1. The Labute approximate surface area is 383 Å². The van der Waals surface area contributed by atoms with Gasteiger partial charge in [-0.1, -0.05) is 87.9 Å². The van der Waals surface area contributed by atoms with Crippen molar-refractivity contribution in [3.05, 3.63) is 153 Å². The van der Waals surface area contributed by atoms with E-state index in [1.807, 2.05) is 13.8 Å². The molecular weight excluding hydrogens is 946 g/mol. The van der Waals surface area contributed by atoms with E-state index in [9.17, 15) is 21.6 Å². The first-order chi connectivity index (χ1) is 29.9. The van der Waals surface area contributed by atoms with E-state index < -0.39 is 51.4 Å². The largest absolute Gasteiger partial charge is 0.394 e. The van der Waals surface area contributed by atoms with Crippen molar-refractivity contribution in [3.63, 3.8) is 0 Å². The Balaban J connectivity index is 0.000000197. The van der Waals surface area contributed by atoms with Crippen molar-refractivity contribution in [2.45, 2.75) is 54.7 Å². The Morgan fingerprint density at radius 3 is 1.86 bits per heavy atom. The molecule has 1 aliphatic heterocycles. The van der Waals surface area contributed by atoms with Gasteiger partial charge >= 0.3 is 0 Å². The second kappa shape index (κ2) is 22.5. The highest BCUT2D eigenvalue weighted by Gasteiger charge is 2.46. The van der Waals surface area contributed by atoms with Crippen molar-refractivity contribution in [1.82, 2.24) is 29.5 Å². The Hall–Kier alpha value is -4.35. The number of aryl methyl sites for hydroxylation is 2. The van der Waals surface area contributed by atoms with Crippen LogP contribution in [0.15, 0.2) is 120 Å². The number of ketones is 1. The van der Waals surface area contributed by atoms with Crippen molar-refractivity contribution in [2.24, 2.45) is 0 Å². The summed E-state index contributed by atoms with van der Waals surface area (Å²) in [6.07, 6.45) is 3.90. The standard InChI is InChI=1S/C20H19Cl2N3O5S.C10H7Cl2N3O.C10H14O5S/c1-14-2-5-17(6-3-14)31(26,27)29-10-16-9-28-20(30-16,11-25-13-23-12-24-25)18-7-4-15(21)8-19(18)22;11-7-1-2-8(9(12)3-7)10(16)4-15-6-13-5-14-15;1-8-2-4-10(5-3-8)16(13,14)15-7-9(12)6-11/h2-8,12-13,16H,9-11H2,1H3;1-3,5-6H,4H2;2-5,9,11-12H,6-7H2,1H3/t16-,20+;;9-/m1.1/s1. The summed E-state index contributed by atoms with van der Waals surface area (Å²) < 4.78 is 73.0. The van der Waals surface area contributed by atoms with E-state index in [1.54, 1.807) is 54.6 Å². The fourth-order valence-corrected chi connectivity index (χ4v) is 8.42. The zero-order valence-electron chi connectivity index (χ0n) is 33.4. The minimum Gasteiger partial charge on any atom is -0.394 e. The molecule has 2 aromatic heterocycles. The summed E-state index contributed by atoms with van der Waals surface area (Å²) in [5.41, 5.74) is 2.86. The van der Waals surface area contributed by atoms with Crippen LogP contribution in [0, 0.1) is 13.8 Å². The highest BCUT2D eigenvalue weighted by atomic mass is 35.5. The van der Waals surface area contributed by atoms with Gasteiger partial charge in [0, 0.05) is 21.2 Å². The summed E-state index contributed by atoms with van der Waals surface area (Å²) in [7, 11) is -7.79. The summed E-state index contributed by atoms with van der Waals surface area (Å²) >= 11 is 24.1. The van der Waals surface area contributed by atoms with Crippen LogP contribution in [0.25, 0.3) is 0 Å². The van der Waals surface area contributed by atoms with Crippen molar-refractivity contribution in [2.75, 3.05) is 26.4 Å². The maximum absolute atomic E-state index is 12.5. The number of aliphatic hydroxyl groups is 2. The molecule has 336 valence electrons. The first-order valence-electron chi connectivity index (χ1n) is 18.5. The lowest BCUT2D eigenvalue weighted by atomic mass is 10.1. The van der Waals surface area contributed by atoms with Crippen LogP contribution in [0.5, 0.6) is 0 Å². The summed E-state index contributed by atoms with van der Waals surface area (Å²) in [5.74, 6) is -1.44. The number of hydrogen-bond donors (Lipinski definition) is 2. The molecule has 0 unspecified atom stereocenters. The minimum absolute atomic E-state index is 0.0308. The fraction of sp³-hybridized carbons (Fsp3) is 0.275. The van der Waals surface area contributed by atoms with Gasteiger partial charge in [-0.3, -0.25) is 13.2 Å². The van der Waals surface area contributed by atoms with Gasteiger partial charge in [-0.05, 0) is 68.4 Å². The van der Waals surface area contributed by atoms with Gasteiger partial charge < -0.3 is 19.7 Å². The first-order valence-corrected chi connectivity index (χ1v) is 22.8. The van der Waals surface area contributed by atoms with Gasteiger partial charge in [0.25, 0.3) is 20.2 Å². The third kappa shape index (κ3) is 14.3. The van der Waals surface area contributed by atoms with Crippen LogP contribution >= 0.6 is 46.4 Å². The molecule has 0 radical (unpaired) electrons. The number of nitrogens with zero attached hydrogens (tertiary/aromatic N) is 6. The molecule has 4 aromatic carbocycles. The van der Waals surface area contributed by atoms with Gasteiger partial charge in [0.05, 0.1) is 46.3 Å². The van der Waals surface area contributed by atoms with Crippen molar-refractivity contribution in [3.8, 4) is 0 Å². The molecule has 2 N–H and O–H groups in total. The maximum atomic E-state index is 12.5. The lowest BCUT2D eigenvalue weighted by Crippen LogP contribution is -2.35. The number of aliphatic hydroxyl groups excluding tert-OH is 2. The second-order valence-corrected chi connectivity index (χ2v) is 18.5. The molecule has 0 amide bonds. The Bertz CT molecular complexity index is 2650. The van der Waals surface area contributed by atoms with Crippen LogP contribution in [-0.4, -0.2) is 101 Å². The molecule has 6 aromatic rings. The number of benzene rings is 4. The van der Waals surface area contributed by atoms with E-state index in [-0.39, 0.29) is 41.9 Å². The first kappa shape index (κ1) is 49.7. The van der Waals surface area contributed by atoms with Gasteiger partial charge in [-0.25, -0.2) is 19.3 Å². The highest BCUT2D eigenvalue weighted by molar-refractivity contribution is 7.87. The maximum Gasteiger partial charge on any atom is 0.297 e. The summed E-state index contributed by atoms with van der Waals surface area (Å²) in [6.45, 7) is 2.86. The molecule has 17 nitrogen and oxygen atoms in total. The van der Waals surface area contributed by atoms with E-state index in [2.05, 4.69) is 24.3 Å². The molecule has 0 saturated carbocycles. The SMILES string of the molecule is Cc1ccc(S(=O)(=O)OC[C@H](O)CO)cc1.Cc1ccc(S(=O)(=O)OC[C@H]2CO[C@](Cn3cncn3)(c3ccc(Cl)cc3Cl)O2)cc1.O=C(Cn1cncn1)c1ccc(Cl)cc1Cl. The molecule has 3 heterocycles. The topological polar surface area (TPSA) is 224 Å². The fourth-order valence-electron chi connectivity index (χ4n) is 5.48. The van der Waals surface area contributed by atoms with E-state index in [0.717, 1.165) is 11.1 Å². The van der Waals surface area contributed by atoms with Crippen LogP contribution in [0.3, 0.4) is 0 Å². The van der Waals surface area contributed by atoms with E-state index in [0.29, 0.717) is 31.2 Å². The highest BCUT2D eigenvalue weighted by Crippen LogP contribution is 2.40. The van der Waals surface area contributed by atoms with E-state index >= 15 is 0 Å². The van der Waals surface area contributed by atoms with Gasteiger partial charge in [0.2, 0.25) is 5.79 Å². The number of rotatable bonds is 15. The summed E-state index contributed by atoms with van der Waals surface area (Å²) in [6, 6.07) is 22.3. The second-order valence-electron chi connectivity index (χ2n) is 13.6. The van der Waals surface area contributed by atoms with Crippen molar-refractivity contribution < 1.29 is 49.7 Å². The molecule has 1 aliphatic rings. The third-order valence-corrected chi connectivity index (χ3v) is 12.4. The monoisotopic (exact) mass is 984 g/mol. The van der Waals surface area contributed by atoms with Crippen LogP contribution in [0.2, 0.25) is 20.1 Å². The smallest absolute Gasteiger partial charge is 0.297 e. The zero-order chi connectivity index (χ0) is 45.8. The molecule has 63 heavy (non-hydrogen) atoms. The molecule has 0 spiro atoms. The average Bonchev–Trinajstić information content (AvgIpc) is 4.04. The Morgan fingerprint density at radius 1 is 0.794 bits per heavy atom. The van der Waals surface area contributed by atoms with Gasteiger partial charge in [-0.15, -0.1) is 0 Å². The molecule has 0 bridgehead atoms. The van der Waals surface area contributed by atoms with E-state index in [4.69, 9.17) is 70.3 Å². The number of carbonyl (C=O) groups is 1. The summed E-state index contributed by atoms with van der Waals surface area (Å²) in [4.78, 5) is 19.6. The Morgan fingerprint density at radius 2 is 1.33 bits per heavy atom. The molecular formula is C40H40Cl4N6O11S2. The zero-order valence-corrected chi connectivity index (χ0v) is 38.0. The third-order valence-electron chi connectivity index (χ3n) is 8.70. The van der Waals surface area contributed by atoms with Crippen molar-refractivity contribution in [1.29, 1.82) is 0 Å². The van der Waals surface area contributed by atoms with Crippen LogP contribution in [0.1, 0.15) is 27.0 Å². The Kier molecular flexibility index (Phi) is 17.7. The molecule has 1 fully saturated rings. The number of aromatic nitrogens is 6. The predicted octanol–water partition coefficient (Wildman–Crippen LogP) is 6.09. The van der Waals surface area contributed by atoms with Gasteiger partial charge in [0.15, 0.2) is 5.78 Å². The van der Waals surface area contributed by atoms with Crippen LogP contribution in [-0.2, 0) is 57.0 Å². The van der Waals surface area contributed by atoms with Gasteiger partial charge in [0.1, 0.15) is 50.6 Å². The van der Waals surface area contributed by atoms with Crippen LogP contribution in [0.4, 0.5) is 0 Å². The van der Waals surface area contributed by atoms with E-state index in [1.165, 1.54) is 65.0 Å². The molecule has 1 saturated heterocycles. The van der Waals surface area contributed by atoms with Gasteiger partial charge in [-0.2, -0.15) is 27.0 Å². The minimum atomic E-state index is -3.94. The summed E-state index contributed by atoms with van der Waals surface area (Å²) in [5, 5.41) is 27.1. The van der Waals surface area contributed by atoms with Crippen molar-refractivity contribution >= 4 is 72.4 Å². The average molecular weight is 987 g/mol. The molecule has 23 heteroatoms. The number of hydrogen-bond acceptors (Lipinski definition) is 15. The quantitative estimate of drug-likeness (QED) is 0.0878. The van der Waals surface area contributed by atoms with Crippen LogP contribution < -0.4 is 0 Å².